The van der Waals surface area contributed by atoms with E-state index in [1.807, 2.05) is 6.07 Å². The molecule has 1 amide bonds. The summed E-state index contributed by atoms with van der Waals surface area (Å²) in [5, 5.41) is 7.87. The number of hydrogen-bond acceptors (Lipinski definition) is 8. The smallest absolute Gasteiger partial charge is 0.411 e. The van der Waals surface area contributed by atoms with Crippen molar-refractivity contribution in [2.24, 2.45) is 0 Å². The van der Waals surface area contributed by atoms with E-state index in [1.54, 1.807) is 39.0 Å². The molecule has 0 saturated carbocycles. The molecule has 170 valence electrons. The van der Waals surface area contributed by atoms with Crippen molar-refractivity contribution in [2.45, 2.75) is 71.1 Å². The van der Waals surface area contributed by atoms with E-state index in [2.05, 4.69) is 22.7 Å². The maximum Gasteiger partial charge on any atom is 0.411 e. The van der Waals surface area contributed by atoms with Crippen molar-refractivity contribution in [3.05, 3.63) is 24.3 Å². The molecule has 0 aliphatic carbocycles. The van der Waals surface area contributed by atoms with Gasteiger partial charge in [0.1, 0.15) is 22.7 Å². The van der Waals surface area contributed by atoms with Crippen LogP contribution in [0, 0.1) is 0 Å². The zero-order valence-corrected chi connectivity index (χ0v) is 18.5. The van der Waals surface area contributed by atoms with E-state index < -0.39 is 23.7 Å². The molecule has 3 rings (SSSR count). The summed E-state index contributed by atoms with van der Waals surface area (Å²) in [5.41, 5.74) is 3.49. The lowest BCUT2D eigenvalue weighted by atomic mass is 9.99. The largest absolute Gasteiger partial charge is 0.444 e. The van der Waals surface area contributed by atoms with Crippen LogP contribution in [0.2, 0.25) is 0 Å². The van der Waals surface area contributed by atoms with Crippen LogP contribution in [0.5, 0.6) is 0 Å². The normalized spacial score (nSPS) is 19.4. The maximum absolute atomic E-state index is 13.0. The Hall–Kier alpha value is -2.72. The van der Waals surface area contributed by atoms with Gasteiger partial charge >= 0.3 is 12.1 Å². The molecule has 31 heavy (non-hydrogen) atoms. The highest BCUT2D eigenvalue weighted by atomic mass is 16.7. The molecule has 1 fully saturated rings. The van der Waals surface area contributed by atoms with Gasteiger partial charge in [-0.2, -0.15) is 5.48 Å². The summed E-state index contributed by atoms with van der Waals surface area (Å²) in [6, 6.07) is 6.24. The van der Waals surface area contributed by atoms with Crippen LogP contribution in [-0.4, -0.2) is 63.0 Å². The van der Waals surface area contributed by atoms with Gasteiger partial charge in [-0.05, 0) is 57.4 Å². The summed E-state index contributed by atoms with van der Waals surface area (Å²) in [6.45, 7) is 8.29. The second-order valence-electron chi connectivity index (χ2n) is 8.60. The minimum atomic E-state index is -0.800. The Labute approximate surface area is 181 Å². The van der Waals surface area contributed by atoms with Crippen LogP contribution in [0.3, 0.4) is 0 Å². The molecule has 1 aromatic heterocycles. The lowest BCUT2D eigenvalue weighted by molar-refractivity contribution is -0.154. The van der Waals surface area contributed by atoms with E-state index in [0.29, 0.717) is 30.5 Å². The molecule has 2 atom stereocenters. The molecule has 2 heterocycles. The standard InChI is InChI=1S/C21H31N5O5/c1-5-6-13-29-23-15-11-12-18(25(14-15)20(28)30-21(2,3)4)19(27)31-26-17-10-8-7-9-16(17)22-24-26/h7-10,15,18,23H,5-6,11-14H2,1-4H3/t15-,18+/m1/s1. The number of hydrogen-bond donors (Lipinski definition) is 1. The van der Waals surface area contributed by atoms with Crippen molar-refractivity contribution in [1.29, 1.82) is 0 Å². The average Bonchev–Trinajstić information content (AvgIpc) is 3.13. The zero-order chi connectivity index (χ0) is 22.4. The number of fused-ring (bicyclic) bond motifs is 1. The first-order valence-corrected chi connectivity index (χ1v) is 10.7. The fourth-order valence-electron chi connectivity index (χ4n) is 3.29. The Morgan fingerprint density at radius 1 is 1.23 bits per heavy atom. The lowest BCUT2D eigenvalue weighted by Gasteiger charge is -2.38. The molecular formula is C21H31N5O5. The van der Waals surface area contributed by atoms with Crippen LogP contribution in [0.1, 0.15) is 53.4 Å². The molecule has 1 N–H and O–H groups in total. The molecule has 1 aliphatic rings. The molecule has 0 bridgehead atoms. The molecule has 2 aromatic rings. The highest BCUT2D eigenvalue weighted by Gasteiger charge is 2.40. The number of piperidine rings is 1. The Bertz CT molecular complexity index is 894. The third-order valence-electron chi connectivity index (χ3n) is 4.83. The highest BCUT2D eigenvalue weighted by molar-refractivity contribution is 5.83. The van der Waals surface area contributed by atoms with Crippen LogP contribution >= 0.6 is 0 Å². The van der Waals surface area contributed by atoms with Gasteiger partial charge in [-0.1, -0.05) is 30.3 Å². The number of carbonyl (C=O) groups excluding carboxylic acids is 2. The van der Waals surface area contributed by atoms with E-state index in [-0.39, 0.29) is 12.6 Å². The second kappa shape index (κ2) is 10.1. The van der Waals surface area contributed by atoms with Gasteiger partial charge in [0, 0.05) is 6.54 Å². The number of aromatic nitrogens is 3. The quantitative estimate of drug-likeness (QED) is 0.403. The fraction of sp³-hybridized carbons (Fsp3) is 0.619. The van der Waals surface area contributed by atoms with Crippen molar-refractivity contribution >= 4 is 23.1 Å². The summed E-state index contributed by atoms with van der Waals surface area (Å²) >= 11 is 0. The Morgan fingerprint density at radius 2 is 2.00 bits per heavy atom. The van der Waals surface area contributed by atoms with Crippen LogP contribution in [0.15, 0.2) is 24.3 Å². The van der Waals surface area contributed by atoms with Crippen molar-refractivity contribution in [1.82, 2.24) is 25.5 Å². The topological polar surface area (TPSA) is 108 Å². The van der Waals surface area contributed by atoms with Gasteiger partial charge in [0.05, 0.1) is 12.6 Å². The maximum atomic E-state index is 13.0. The number of likely N-dealkylation sites (tertiary alicyclic amines) is 1. The summed E-state index contributed by atoms with van der Waals surface area (Å²) in [6.07, 6.45) is 2.44. The molecule has 0 spiro atoms. The van der Waals surface area contributed by atoms with Crippen molar-refractivity contribution in [3.8, 4) is 0 Å². The van der Waals surface area contributed by atoms with Crippen molar-refractivity contribution < 1.29 is 24.0 Å². The van der Waals surface area contributed by atoms with Crippen LogP contribution < -0.4 is 10.3 Å². The summed E-state index contributed by atoms with van der Waals surface area (Å²) in [7, 11) is 0. The molecule has 10 heteroatoms. The van der Waals surface area contributed by atoms with E-state index in [4.69, 9.17) is 14.4 Å². The first-order valence-electron chi connectivity index (χ1n) is 10.7. The van der Waals surface area contributed by atoms with E-state index in [0.717, 1.165) is 17.7 Å². The lowest BCUT2D eigenvalue weighted by Crippen LogP contribution is -2.57. The number of amides is 1. The van der Waals surface area contributed by atoms with Gasteiger partial charge in [-0.25, -0.2) is 9.59 Å². The number of hydroxylamine groups is 1. The number of unbranched alkanes of at least 4 members (excludes halogenated alkanes) is 1. The molecule has 1 saturated heterocycles. The number of nitrogens with one attached hydrogen (secondary N) is 1. The van der Waals surface area contributed by atoms with Crippen molar-refractivity contribution in [3.63, 3.8) is 0 Å². The van der Waals surface area contributed by atoms with Gasteiger partial charge in [-0.15, -0.1) is 5.10 Å². The molecule has 0 unspecified atom stereocenters. The van der Waals surface area contributed by atoms with Gasteiger partial charge in [0.2, 0.25) is 0 Å². The van der Waals surface area contributed by atoms with E-state index in [1.165, 1.54) is 4.90 Å². The molecule has 0 radical (unpaired) electrons. The third kappa shape index (κ3) is 6.14. The third-order valence-corrected chi connectivity index (χ3v) is 4.83. The SMILES string of the molecule is CCCCON[C@@H]1CC[C@@H](C(=O)On2nnc3ccccc32)N(C(=O)OC(C)(C)C)C1. The Kier molecular flexibility index (Phi) is 7.45. The van der Waals surface area contributed by atoms with Crippen molar-refractivity contribution in [2.75, 3.05) is 13.2 Å². The predicted molar refractivity (Wildman–Crippen MR) is 113 cm³/mol. The Morgan fingerprint density at radius 3 is 2.74 bits per heavy atom. The predicted octanol–water partition coefficient (Wildman–Crippen LogP) is 2.48. The number of nitrogens with zero attached hydrogens (tertiary/aromatic N) is 4. The minimum Gasteiger partial charge on any atom is -0.444 e. The molecule has 10 nitrogen and oxygen atoms in total. The molecular weight excluding hydrogens is 402 g/mol. The zero-order valence-electron chi connectivity index (χ0n) is 18.5. The second-order valence-corrected chi connectivity index (χ2v) is 8.60. The first-order chi connectivity index (χ1) is 14.8. The average molecular weight is 434 g/mol. The van der Waals surface area contributed by atoms with Crippen LogP contribution in [-0.2, 0) is 14.4 Å². The van der Waals surface area contributed by atoms with Gasteiger partial charge < -0.3 is 14.4 Å². The number of rotatable bonds is 7. The van der Waals surface area contributed by atoms with Crippen LogP contribution in [0.25, 0.3) is 11.0 Å². The summed E-state index contributed by atoms with van der Waals surface area (Å²) in [5.74, 6) is -0.591. The number of ether oxygens (including phenoxy) is 1. The number of para-hydroxylation sites is 1. The monoisotopic (exact) mass is 433 g/mol. The number of benzene rings is 1. The van der Waals surface area contributed by atoms with Crippen LogP contribution in [0.4, 0.5) is 4.79 Å². The van der Waals surface area contributed by atoms with Gasteiger partial charge in [0.25, 0.3) is 0 Å². The number of carbonyl (C=O) groups is 2. The minimum absolute atomic E-state index is 0.111. The molecule has 1 aromatic carbocycles. The van der Waals surface area contributed by atoms with Gasteiger partial charge in [-0.3, -0.25) is 4.90 Å². The summed E-state index contributed by atoms with van der Waals surface area (Å²) < 4.78 is 5.53. The summed E-state index contributed by atoms with van der Waals surface area (Å²) in [4.78, 5) is 39.3. The fourth-order valence-corrected chi connectivity index (χ4v) is 3.29. The molecule has 1 aliphatic heterocycles. The van der Waals surface area contributed by atoms with Gasteiger partial charge in [0.15, 0.2) is 0 Å². The highest BCUT2D eigenvalue weighted by Crippen LogP contribution is 2.22. The Balaban J connectivity index is 1.71. The van der Waals surface area contributed by atoms with E-state index >= 15 is 0 Å². The first kappa shape index (κ1) is 23.0. The van der Waals surface area contributed by atoms with E-state index in [9.17, 15) is 9.59 Å².